The summed E-state index contributed by atoms with van der Waals surface area (Å²) in [7, 11) is 3.35. The first kappa shape index (κ1) is 22.7. The van der Waals surface area contributed by atoms with Crippen molar-refractivity contribution >= 4 is 41.3 Å². The summed E-state index contributed by atoms with van der Waals surface area (Å²) in [6.07, 6.45) is 3.94. The predicted molar refractivity (Wildman–Crippen MR) is 125 cm³/mol. The molecule has 0 fully saturated rings. The minimum absolute atomic E-state index is 0. The van der Waals surface area contributed by atoms with Gasteiger partial charge in [0.05, 0.1) is 20.8 Å². The van der Waals surface area contributed by atoms with Crippen molar-refractivity contribution in [3.63, 3.8) is 0 Å². The summed E-state index contributed by atoms with van der Waals surface area (Å²) in [5.74, 6) is 2.50. The van der Waals surface area contributed by atoms with Crippen LogP contribution in [0.25, 0.3) is 0 Å². The van der Waals surface area contributed by atoms with Crippen LogP contribution >= 0.6 is 35.3 Å². The van der Waals surface area contributed by atoms with Gasteiger partial charge in [-0.3, -0.25) is 0 Å². The SMILES string of the molecule is CCNC(=NCc1ncc(CC)s1)N1CCc2cc(OC)c(OC)cc2C1.I. The van der Waals surface area contributed by atoms with E-state index in [1.54, 1.807) is 25.6 Å². The minimum Gasteiger partial charge on any atom is -0.493 e. The van der Waals surface area contributed by atoms with Gasteiger partial charge in [0.1, 0.15) is 5.01 Å². The number of methoxy groups -OCH3 is 2. The van der Waals surface area contributed by atoms with E-state index >= 15 is 0 Å². The molecule has 0 aliphatic carbocycles. The van der Waals surface area contributed by atoms with Crippen LogP contribution in [0.2, 0.25) is 0 Å². The van der Waals surface area contributed by atoms with E-state index < -0.39 is 0 Å². The van der Waals surface area contributed by atoms with Crippen LogP contribution in [0.3, 0.4) is 0 Å². The molecule has 0 spiro atoms. The molecule has 2 heterocycles. The predicted octanol–water partition coefficient (Wildman–Crippen LogP) is 3.86. The summed E-state index contributed by atoms with van der Waals surface area (Å²) in [6.45, 7) is 7.43. The average Bonchev–Trinajstić information content (AvgIpc) is 3.17. The van der Waals surface area contributed by atoms with Gasteiger partial charge in [0.15, 0.2) is 17.5 Å². The Morgan fingerprint density at radius 3 is 2.54 bits per heavy atom. The second-order valence-corrected chi connectivity index (χ2v) is 7.59. The third-order valence-corrected chi connectivity index (χ3v) is 5.79. The van der Waals surface area contributed by atoms with E-state index in [0.29, 0.717) is 6.54 Å². The zero-order valence-corrected chi connectivity index (χ0v) is 20.1. The molecule has 0 saturated heterocycles. The second-order valence-electron chi connectivity index (χ2n) is 6.39. The van der Waals surface area contributed by atoms with Gasteiger partial charge in [0.2, 0.25) is 0 Å². The molecule has 0 bridgehead atoms. The average molecular weight is 516 g/mol. The van der Waals surface area contributed by atoms with Crippen LogP contribution in [-0.2, 0) is 25.9 Å². The zero-order chi connectivity index (χ0) is 19.2. The number of aliphatic imine (C=N–C) groups is 1. The van der Waals surface area contributed by atoms with Gasteiger partial charge in [-0.1, -0.05) is 6.92 Å². The van der Waals surface area contributed by atoms with Crippen LogP contribution < -0.4 is 14.8 Å². The van der Waals surface area contributed by atoms with Crippen LogP contribution in [0.15, 0.2) is 23.3 Å². The van der Waals surface area contributed by atoms with E-state index in [9.17, 15) is 0 Å². The van der Waals surface area contributed by atoms with Gasteiger partial charge in [-0.2, -0.15) is 0 Å². The van der Waals surface area contributed by atoms with Crippen LogP contribution in [0, 0.1) is 0 Å². The van der Waals surface area contributed by atoms with E-state index in [2.05, 4.69) is 41.2 Å². The molecule has 1 aliphatic heterocycles. The third-order valence-electron chi connectivity index (χ3n) is 4.67. The van der Waals surface area contributed by atoms with Gasteiger partial charge in [-0.25, -0.2) is 9.98 Å². The summed E-state index contributed by atoms with van der Waals surface area (Å²) < 4.78 is 10.9. The second kappa shape index (κ2) is 10.8. The maximum absolute atomic E-state index is 5.47. The summed E-state index contributed by atoms with van der Waals surface area (Å²) in [5.41, 5.74) is 2.57. The van der Waals surface area contributed by atoms with E-state index in [-0.39, 0.29) is 24.0 Å². The van der Waals surface area contributed by atoms with Gasteiger partial charge >= 0.3 is 0 Å². The van der Waals surface area contributed by atoms with Crippen molar-refractivity contribution < 1.29 is 9.47 Å². The quantitative estimate of drug-likeness (QED) is 0.359. The molecule has 1 N–H and O–H groups in total. The Kier molecular flexibility index (Phi) is 8.81. The van der Waals surface area contributed by atoms with Crippen molar-refractivity contribution in [2.24, 2.45) is 4.99 Å². The van der Waals surface area contributed by atoms with Crippen molar-refractivity contribution in [1.82, 2.24) is 15.2 Å². The number of ether oxygens (including phenoxy) is 2. The van der Waals surface area contributed by atoms with Gasteiger partial charge in [0.25, 0.3) is 0 Å². The molecule has 0 amide bonds. The third kappa shape index (κ3) is 5.28. The van der Waals surface area contributed by atoms with Crippen LogP contribution in [0.4, 0.5) is 0 Å². The molecule has 0 unspecified atom stereocenters. The standard InChI is InChI=1S/C20H28N4O2S.HI/c1-5-16-11-22-19(27-16)12-23-20(21-6-2)24-8-7-14-9-17(25-3)18(26-4)10-15(14)13-24;/h9-11H,5-8,12-13H2,1-4H3,(H,21,23);1H. The van der Waals surface area contributed by atoms with Gasteiger partial charge < -0.3 is 19.7 Å². The number of benzene rings is 1. The monoisotopic (exact) mass is 516 g/mol. The number of aromatic nitrogens is 1. The lowest BCUT2D eigenvalue weighted by molar-refractivity contribution is 0.346. The molecule has 28 heavy (non-hydrogen) atoms. The largest absolute Gasteiger partial charge is 0.493 e. The number of guanidine groups is 1. The summed E-state index contributed by atoms with van der Waals surface area (Å²) in [4.78, 5) is 12.9. The van der Waals surface area contributed by atoms with Gasteiger partial charge in [-0.05, 0) is 43.0 Å². The molecule has 0 atom stereocenters. The van der Waals surface area contributed by atoms with Crippen molar-refractivity contribution in [2.45, 2.75) is 39.8 Å². The first-order chi connectivity index (χ1) is 13.2. The highest BCUT2D eigenvalue weighted by Crippen LogP contribution is 2.33. The highest BCUT2D eigenvalue weighted by atomic mass is 127. The number of fused-ring (bicyclic) bond motifs is 1. The normalized spacial score (nSPS) is 13.6. The number of rotatable bonds is 6. The van der Waals surface area contributed by atoms with Crippen molar-refractivity contribution in [3.8, 4) is 11.5 Å². The Balaban J connectivity index is 0.00000280. The lowest BCUT2D eigenvalue weighted by Gasteiger charge is -2.32. The number of hydrogen-bond donors (Lipinski definition) is 1. The van der Waals surface area contributed by atoms with Crippen LogP contribution in [0.1, 0.15) is 34.9 Å². The Morgan fingerprint density at radius 1 is 1.21 bits per heavy atom. The lowest BCUT2D eigenvalue weighted by atomic mass is 9.99. The molecule has 3 rings (SSSR count). The zero-order valence-electron chi connectivity index (χ0n) is 16.9. The maximum Gasteiger partial charge on any atom is 0.194 e. The van der Waals surface area contributed by atoms with Crippen molar-refractivity contribution in [3.05, 3.63) is 39.3 Å². The molecule has 1 aromatic carbocycles. The molecular formula is C20H29IN4O2S. The molecule has 0 saturated carbocycles. The Hall–Kier alpha value is -1.55. The molecule has 154 valence electrons. The summed E-state index contributed by atoms with van der Waals surface area (Å²) in [6, 6.07) is 4.18. The topological polar surface area (TPSA) is 59.0 Å². The molecule has 1 aromatic heterocycles. The highest BCUT2D eigenvalue weighted by molar-refractivity contribution is 14.0. The lowest BCUT2D eigenvalue weighted by Crippen LogP contribution is -2.44. The number of nitrogens with one attached hydrogen (secondary N) is 1. The Morgan fingerprint density at radius 2 is 1.93 bits per heavy atom. The molecule has 0 radical (unpaired) electrons. The fraction of sp³-hybridized carbons (Fsp3) is 0.500. The van der Waals surface area contributed by atoms with E-state index in [4.69, 9.17) is 14.5 Å². The number of halogens is 1. The Bertz CT molecular complexity index is 809. The number of thiazole rings is 1. The van der Waals surface area contributed by atoms with Crippen LogP contribution in [-0.4, -0.2) is 43.2 Å². The van der Waals surface area contributed by atoms with Gasteiger partial charge in [-0.15, -0.1) is 35.3 Å². The summed E-state index contributed by atoms with van der Waals surface area (Å²) in [5, 5.41) is 4.48. The fourth-order valence-electron chi connectivity index (χ4n) is 3.22. The van der Waals surface area contributed by atoms with Crippen molar-refractivity contribution in [1.29, 1.82) is 0 Å². The number of nitrogens with zero attached hydrogens (tertiary/aromatic N) is 3. The maximum atomic E-state index is 5.47. The molecular weight excluding hydrogens is 487 g/mol. The van der Waals surface area contributed by atoms with E-state index in [0.717, 1.165) is 54.9 Å². The number of hydrogen-bond acceptors (Lipinski definition) is 5. The molecule has 8 heteroatoms. The Labute approximate surface area is 188 Å². The molecule has 2 aromatic rings. The van der Waals surface area contributed by atoms with E-state index in [1.165, 1.54) is 16.0 Å². The smallest absolute Gasteiger partial charge is 0.194 e. The minimum atomic E-state index is 0. The first-order valence-electron chi connectivity index (χ1n) is 9.39. The van der Waals surface area contributed by atoms with Crippen molar-refractivity contribution in [2.75, 3.05) is 27.3 Å². The fourth-order valence-corrected chi connectivity index (χ4v) is 4.00. The first-order valence-corrected chi connectivity index (χ1v) is 10.2. The molecule has 6 nitrogen and oxygen atoms in total. The summed E-state index contributed by atoms with van der Waals surface area (Å²) >= 11 is 1.74. The number of aryl methyl sites for hydroxylation is 1. The van der Waals surface area contributed by atoms with Crippen LogP contribution in [0.5, 0.6) is 11.5 Å². The van der Waals surface area contributed by atoms with Gasteiger partial charge in [0, 0.05) is 30.7 Å². The highest BCUT2D eigenvalue weighted by Gasteiger charge is 2.21. The van der Waals surface area contributed by atoms with E-state index in [1.807, 2.05) is 6.20 Å². The molecule has 1 aliphatic rings.